The molecule has 1 aromatic heterocycles. The molecule has 0 saturated heterocycles. The number of nitro benzene ring substituents is 1. The lowest BCUT2D eigenvalue weighted by atomic mass is 10.2. The largest absolute Gasteiger partial charge is 0.334 e. The van der Waals surface area contributed by atoms with Crippen LogP contribution in [0, 0.1) is 21.7 Å². The highest BCUT2D eigenvalue weighted by atomic mass is 35.5. The van der Waals surface area contributed by atoms with Gasteiger partial charge >= 0.3 is 0 Å². The Bertz CT molecular complexity index is 894. The minimum absolute atomic E-state index is 0.0568. The van der Waals surface area contributed by atoms with Crippen LogP contribution in [0.4, 0.5) is 14.5 Å². The van der Waals surface area contributed by atoms with Crippen LogP contribution in [-0.2, 0) is 0 Å². The molecule has 3 aromatic rings. The predicted octanol–water partition coefficient (Wildman–Crippen LogP) is 4.24. The smallest absolute Gasteiger partial charge is 0.288 e. The van der Waals surface area contributed by atoms with Crippen LogP contribution in [-0.4, -0.2) is 15.1 Å². The fourth-order valence-corrected chi connectivity index (χ4v) is 2.13. The molecule has 9 heteroatoms. The van der Waals surface area contributed by atoms with E-state index in [0.717, 1.165) is 18.2 Å². The van der Waals surface area contributed by atoms with Gasteiger partial charge in [0.15, 0.2) is 0 Å². The van der Waals surface area contributed by atoms with E-state index < -0.39 is 22.1 Å². The van der Waals surface area contributed by atoms with E-state index in [9.17, 15) is 18.9 Å². The number of nitrogens with zero attached hydrogens (tertiary/aromatic N) is 3. The van der Waals surface area contributed by atoms with E-state index in [1.807, 2.05) is 0 Å². The highest BCUT2D eigenvalue weighted by Gasteiger charge is 2.20. The van der Waals surface area contributed by atoms with E-state index in [1.54, 1.807) is 0 Å². The van der Waals surface area contributed by atoms with Gasteiger partial charge in [-0.15, -0.1) is 0 Å². The molecule has 3 rings (SSSR count). The van der Waals surface area contributed by atoms with Gasteiger partial charge < -0.3 is 4.52 Å². The molecule has 0 bridgehead atoms. The maximum atomic E-state index is 13.7. The Hall–Kier alpha value is -2.87. The van der Waals surface area contributed by atoms with Gasteiger partial charge in [-0.25, -0.2) is 8.78 Å². The van der Waals surface area contributed by atoms with Crippen molar-refractivity contribution in [1.29, 1.82) is 0 Å². The van der Waals surface area contributed by atoms with Gasteiger partial charge in [0.25, 0.3) is 11.6 Å². The molecule has 1 heterocycles. The van der Waals surface area contributed by atoms with Crippen LogP contribution < -0.4 is 0 Å². The Labute approximate surface area is 132 Å². The van der Waals surface area contributed by atoms with Crippen molar-refractivity contribution >= 4 is 17.3 Å². The van der Waals surface area contributed by atoms with Gasteiger partial charge in [-0.1, -0.05) is 22.8 Å². The van der Waals surface area contributed by atoms with Crippen molar-refractivity contribution in [1.82, 2.24) is 10.1 Å². The number of hydrogen-bond donors (Lipinski definition) is 0. The Morgan fingerprint density at radius 1 is 1.17 bits per heavy atom. The molecule has 2 aromatic carbocycles. The topological polar surface area (TPSA) is 82.1 Å². The first-order valence-corrected chi connectivity index (χ1v) is 6.57. The summed E-state index contributed by atoms with van der Waals surface area (Å²) in [4.78, 5) is 14.1. The van der Waals surface area contributed by atoms with Gasteiger partial charge in [0.05, 0.1) is 10.5 Å². The molecule has 0 aliphatic carbocycles. The molecule has 0 atom stereocenters. The van der Waals surface area contributed by atoms with Crippen LogP contribution in [0.3, 0.4) is 0 Å². The van der Waals surface area contributed by atoms with E-state index >= 15 is 0 Å². The van der Waals surface area contributed by atoms with Crippen molar-refractivity contribution in [2.45, 2.75) is 0 Å². The van der Waals surface area contributed by atoms with Gasteiger partial charge in [-0.05, 0) is 24.3 Å². The third-order valence-electron chi connectivity index (χ3n) is 3.00. The van der Waals surface area contributed by atoms with Gasteiger partial charge in [-0.3, -0.25) is 10.1 Å². The standard InChI is InChI=1S/C14H6ClF2N3O3/c15-8-5-4-7(6-11(8)20(21)22)14-18-13(19-23-14)12-9(16)2-1-3-10(12)17/h1-6H. The number of benzene rings is 2. The van der Waals surface area contributed by atoms with Crippen LogP contribution in [0.5, 0.6) is 0 Å². The molecule has 0 saturated carbocycles. The minimum atomic E-state index is -0.848. The first kappa shape index (κ1) is 15.0. The van der Waals surface area contributed by atoms with Crippen molar-refractivity contribution in [3.63, 3.8) is 0 Å². The average molecular weight is 338 g/mol. The van der Waals surface area contributed by atoms with Crippen LogP contribution in [0.15, 0.2) is 40.9 Å². The third-order valence-corrected chi connectivity index (χ3v) is 3.32. The predicted molar refractivity (Wildman–Crippen MR) is 76.8 cm³/mol. The fraction of sp³-hybridized carbons (Fsp3) is 0. The van der Waals surface area contributed by atoms with Crippen LogP contribution in [0.25, 0.3) is 22.8 Å². The summed E-state index contributed by atoms with van der Waals surface area (Å²) >= 11 is 5.71. The maximum Gasteiger partial charge on any atom is 0.288 e. The number of aromatic nitrogens is 2. The summed E-state index contributed by atoms with van der Waals surface area (Å²) in [5.74, 6) is -2.12. The highest BCUT2D eigenvalue weighted by Crippen LogP contribution is 2.31. The molecule has 6 nitrogen and oxygen atoms in total. The van der Waals surface area contributed by atoms with Gasteiger partial charge in [0, 0.05) is 11.6 Å². The summed E-state index contributed by atoms with van der Waals surface area (Å²) in [6, 6.07) is 7.17. The van der Waals surface area contributed by atoms with E-state index in [2.05, 4.69) is 10.1 Å². The first-order chi connectivity index (χ1) is 11.0. The van der Waals surface area contributed by atoms with Crippen LogP contribution >= 0.6 is 11.6 Å². The zero-order valence-electron chi connectivity index (χ0n) is 11.2. The van der Waals surface area contributed by atoms with Gasteiger partial charge in [0.2, 0.25) is 5.82 Å². The molecule has 0 fully saturated rings. The molecular weight excluding hydrogens is 332 g/mol. The van der Waals surface area contributed by atoms with Gasteiger partial charge in [0.1, 0.15) is 16.7 Å². The summed E-state index contributed by atoms with van der Waals surface area (Å²) in [5, 5.41) is 14.3. The second-order valence-electron chi connectivity index (χ2n) is 4.44. The second kappa shape index (κ2) is 5.73. The fourth-order valence-electron chi connectivity index (χ4n) is 1.94. The normalized spacial score (nSPS) is 10.7. The number of halogens is 3. The monoisotopic (exact) mass is 337 g/mol. The van der Waals surface area contributed by atoms with Crippen molar-refractivity contribution in [3.8, 4) is 22.8 Å². The Morgan fingerprint density at radius 3 is 2.52 bits per heavy atom. The molecule has 0 aliphatic heterocycles. The molecule has 0 N–H and O–H groups in total. The number of rotatable bonds is 3. The van der Waals surface area contributed by atoms with Crippen LogP contribution in [0.1, 0.15) is 0 Å². The van der Waals surface area contributed by atoms with Crippen molar-refractivity contribution < 1.29 is 18.2 Å². The Morgan fingerprint density at radius 2 is 1.87 bits per heavy atom. The second-order valence-corrected chi connectivity index (χ2v) is 4.85. The quantitative estimate of drug-likeness (QED) is 0.527. The average Bonchev–Trinajstić information content (AvgIpc) is 2.97. The molecule has 0 spiro atoms. The summed E-state index contributed by atoms with van der Waals surface area (Å²) in [5.41, 5.74) is -0.580. The lowest BCUT2D eigenvalue weighted by Crippen LogP contribution is -1.92. The summed E-state index contributed by atoms with van der Waals surface area (Å²) < 4.78 is 32.3. The zero-order chi connectivity index (χ0) is 16.6. The van der Waals surface area contributed by atoms with E-state index in [-0.39, 0.29) is 28.0 Å². The molecule has 0 aliphatic rings. The summed E-state index contributed by atoms with van der Waals surface area (Å²) in [7, 11) is 0. The SMILES string of the molecule is O=[N+]([O-])c1cc(-c2nc(-c3c(F)cccc3F)no2)ccc1Cl. The zero-order valence-corrected chi connectivity index (χ0v) is 11.9. The number of hydrogen-bond acceptors (Lipinski definition) is 5. The van der Waals surface area contributed by atoms with E-state index in [4.69, 9.17) is 16.1 Å². The third kappa shape index (κ3) is 2.76. The van der Waals surface area contributed by atoms with Gasteiger partial charge in [-0.2, -0.15) is 4.98 Å². The van der Waals surface area contributed by atoms with E-state index in [0.29, 0.717) is 0 Å². The first-order valence-electron chi connectivity index (χ1n) is 6.20. The van der Waals surface area contributed by atoms with Crippen molar-refractivity contribution in [2.75, 3.05) is 0 Å². The Balaban J connectivity index is 2.06. The summed E-state index contributed by atoms with van der Waals surface area (Å²) in [6.07, 6.45) is 0. The van der Waals surface area contributed by atoms with E-state index in [1.165, 1.54) is 18.2 Å². The minimum Gasteiger partial charge on any atom is -0.334 e. The molecule has 0 radical (unpaired) electrons. The molecule has 116 valence electrons. The maximum absolute atomic E-state index is 13.7. The molecule has 0 unspecified atom stereocenters. The Kier molecular flexibility index (Phi) is 3.75. The number of nitro groups is 1. The molecular formula is C14H6ClF2N3O3. The van der Waals surface area contributed by atoms with Crippen molar-refractivity contribution in [2.24, 2.45) is 0 Å². The lowest BCUT2D eigenvalue weighted by Gasteiger charge is -1.98. The molecule has 0 amide bonds. The van der Waals surface area contributed by atoms with Crippen molar-refractivity contribution in [3.05, 3.63) is 63.2 Å². The highest BCUT2D eigenvalue weighted by molar-refractivity contribution is 6.32. The van der Waals surface area contributed by atoms with Crippen LogP contribution in [0.2, 0.25) is 5.02 Å². The summed E-state index contributed by atoms with van der Waals surface area (Å²) in [6.45, 7) is 0. The molecule has 23 heavy (non-hydrogen) atoms. The lowest BCUT2D eigenvalue weighted by molar-refractivity contribution is -0.384.